The van der Waals surface area contributed by atoms with E-state index in [2.05, 4.69) is 12.6 Å². The minimum Gasteiger partial charge on any atom is -0.479 e. The summed E-state index contributed by atoms with van der Waals surface area (Å²) in [5.74, 6) is -0.979. The number of fused-ring (bicyclic) bond motifs is 2. The fraction of sp³-hybridized carbons (Fsp3) is 0.421. The molecule has 1 saturated carbocycles. The number of urea groups is 1. The Bertz CT molecular complexity index is 943. The van der Waals surface area contributed by atoms with Gasteiger partial charge in [0.25, 0.3) is 5.91 Å². The van der Waals surface area contributed by atoms with Crippen LogP contribution < -0.4 is 14.5 Å². The highest BCUT2D eigenvalue weighted by Gasteiger charge is 2.54. The van der Waals surface area contributed by atoms with Crippen molar-refractivity contribution in [3.05, 3.63) is 30.2 Å². The number of imide groups is 1. The largest absolute Gasteiger partial charge is 0.479 e. The zero-order valence-corrected chi connectivity index (χ0v) is 15.0. The summed E-state index contributed by atoms with van der Waals surface area (Å²) in [5.41, 5.74) is 0.301. The van der Waals surface area contributed by atoms with E-state index in [-0.39, 0.29) is 31.1 Å². The molecule has 1 spiro atoms. The van der Waals surface area contributed by atoms with Crippen LogP contribution >= 0.6 is 0 Å². The monoisotopic (exact) mass is 384 g/mol. The summed E-state index contributed by atoms with van der Waals surface area (Å²) in [6.07, 6.45) is 1.49. The zero-order chi connectivity index (χ0) is 19.6. The average Bonchev–Trinajstić information content (AvgIpc) is 3.41. The van der Waals surface area contributed by atoms with Gasteiger partial charge in [-0.25, -0.2) is 14.1 Å². The minimum absolute atomic E-state index is 0.00645. The highest BCUT2D eigenvalue weighted by atomic mass is 19.1. The second-order valence-electron chi connectivity index (χ2n) is 7.30. The summed E-state index contributed by atoms with van der Waals surface area (Å²) >= 11 is 0. The van der Waals surface area contributed by atoms with Gasteiger partial charge in [-0.2, -0.15) is 5.26 Å². The van der Waals surface area contributed by atoms with Gasteiger partial charge in [0.15, 0.2) is 5.82 Å². The number of carbonyl (C=O) groups excluding carboxylic acids is 2. The molecule has 1 aliphatic carbocycles. The summed E-state index contributed by atoms with van der Waals surface area (Å²) in [4.78, 5) is 29.4. The molecule has 144 valence electrons. The average molecular weight is 384 g/mol. The lowest BCUT2D eigenvalue weighted by molar-refractivity contribution is -0.123. The van der Waals surface area contributed by atoms with Crippen LogP contribution in [-0.2, 0) is 9.53 Å². The predicted octanol–water partition coefficient (Wildman–Crippen LogP) is 1.76. The minimum atomic E-state index is -0.743. The fourth-order valence-corrected chi connectivity index (χ4v) is 4.04. The van der Waals surface area contributed by atoms with E-state index in [1.165, 1.54) is 17.0 Å². The lowest BCUT2D eigenvalue weighted by atomic mass is 10.1. The molecule has 2 saturated heterocycles. The highest BCUT2D eigenvalue weighted by molar-refractivity contribution is 6.21. The van der Waals surface area contributed by atoms with Gasteiger partial charge in [0.2, 0.25) is 0 Å². The quantitative estimate of drug-likeness (QED) is 0.571. The molecular weight excluding hydrogens is 367 g/mol. The fourth-order valence-electron chi connectivity index (χ4n) is 4.04. The number of hydrogen-bond donors (Lipinski definition) is 0. The Labute approximate surface area is 160 Å². The number of rotatable bonds is 2. The third-order valence-electron chi connectivity index (χ3n) is 5.72. The van der Waals surface area contributed by atoms with E-state index < -0.39 is 29.4 Å². The normalized spacial score (nSPS) is 24.8. The Balaban J connectivity index is 1.59. The van der Waals surface area contributed by atoms with Gasteiger partial charge in [0.05, 0.1) is 36.4 Å². The predicted molar refractivity (Wildman–Crippen MR) is 95.3 cm³/mol. The lowest BCUT2D eigenvalue weighted by Gasteiger charge is -2.37. The summed E-state index contributed by atoms with van der Waals surface area (Å²) in [5, 5.41) is 9.23. The molecule has 1 aromatic carbocycles. The van der Waals surface area contributed by atoms with Crippen LogP contribution in [0.3, 0.4) is 0 Å². The Kier molecular flexibility index (Phi) is 3.46. The zero-order valence-electron chi connectivity index (χ0n) is 15.0. The Hall–Kier alpha value is -3.12. The third-order valence-corrected chi connectivity index (χ3v) is 5.72. The number of nitrogens with zero attached hydrogens (tertiary/aromatic N) is 4. The first-order valence-electron chi connectivity index (χ1n) is 9.05. The molecule has 8 nitrogen and oxygen atoms in total. The van der Waals surface area contributed by atoms with Gasteiger partial charge in [-0.15, -0.1) is 0 Å². The third kappa shape index (κ3) is 2.18. The maximum Gasteiger partial charge on any atom is 0.332 e. The summed E-state index contributed by atoms with van der Waals surface area (Å²) in [6, 6.07) is 3.33. The van der Waals surface area contributed by atoms with E-state index >= 15 is 0 Å². The standard InChI is InChI=1S/C19H17FN4O4/c1-11-19(2-3-19)28-16-8-12(20)13(9-14(16)22(11)5-4-21)24-17(25)15-10-27-7-6-23(15)18(24)26/h8-9,15H,1-3,5-7,10H2. The molecule has 3 fully saturated rings. The maximum atomic E-state index is 15.0. The number of ether oxygens (including phenoxy) is 2. The maximum absolute atomic E-state index is 15.0. The van der Waals surface area contributed by atoms with Crippen LogP contribution in [0.25, 0.3) is 0 Å². The molecule has 5 rings (SSSR count). The van der Waals surface area contributed by atoms with Crippen LogP contribution in [0.1, 0.15) is 12.8 Å². The molecular formula is C19H17FN4O4. The number of carbonyl (C=O) groups is 2. The van der Waals surface area contributed by atoms with E-state index in [0.717, 1.165) is 17.7 Å². The first kappa shape index (κ1) is 17.0. The molecule has 3 aliphatic heterocycles. The van der Waals surface area contributed by atoms with Gasteiger partial charge in [0.1, 0.15) is 23.9 Å². The molecule has 0 bridgehead atoms. The van der Waals surface area contributed by atoms with Crippen molar-refractivity contribution in [2.75, 3.05) is 36.1 Å². The Morgan fingerprint density at radius 1 is 1.32 bits per heavy atom. The van der Waals surface area contributed by atoms with Gasteiger partial charge in [-0.1, -0.05) is 6.58 Å². The summed E-state index contributed by atoms with van der Waals surface area (Å²) in [7, 11) is 0. The number of benzene rings is 1. The number of morpholine rings is 1. The lowest BCUT2D eigenvalue weighted by Crippen LogP contribution is -2.45. The molecule has 0 aromatic heterocycles. The van der Waals surface area contributed by atoms with Crippen LogP contribution in [0.5, 0.6) is 5.75 Å². The van der Waals surface area contributed by atoms with Crippen LogP contribution in [-0.4, -0.2) is 54.8 Å². The van der Waals surface area contributed by atoms with Crippen molar-refractivity contribution in [2.45, 2.75) is 24.5 Å². The molecule has 0 radical (unpaired) electrons. The summed E-state index contributed by atoms with van der Waals surface area (Å²) in [6.45, 7) is 4.77. The van der Waals surface area contributed by atoms with E-state index in [1.807, 2.05) is 0 Å². The van der Waals surface area contributed by atoms with Crippen molar-refractivity contribution >= 4 is 23.3 Å². The van der Waals surface area contributed by atoms with Crippen molar-refractivity contribution in [3.63, 3.8) is 0 Å². The van der Waals surface area contributed by atoms with E-state index in [1.54, 1.807) is 4.90 Å². The van der Waals surface area contributed by atoms with Crippen molar-refractivity contribution in [3.8, 4) is 11.8 Å². The summed E-state index contributed by atoms with van der Waals surface area (Å²) < 4.78 is 26.2. The van der Waals surface area contributed by atoms with E-state index in [0.29, 0.717) is 18.0 Å². The Morgan fingerprint density at radius 3 is 2.79 bits per heavy atom. The van der Waals surface area contributed by atoms with Crippen LogP contribution in [0.15, 0.2) is 24.4 Å². The molecule has 3 heterocycles. The van der Waals surface area contributed by atoms with Crippen LogP contribution in [0, 0.1) is 17.1 Å². The molecule has 9 heteroatoms. The van der Waals surface area contributed by atoms with E-state index in [9.17, 15) is 19.2 Å². The van der Waals surface area contributed by atoms with Crippen molar-refractivity contribution in [1.29, 1.82) is 5.26 Å². The molecule has 1 atom stereocenters. The van der Waals surface area contributed by atoms with Gasteiger partial charge >= 0.3 is 6.03 Å². The second-order valence-corrected chi connectivity index (χ2v) is 7.30. The van der Waals surface area contributed by atoms with E-state index in [4.69, 9.17) is 9.47 Å². The van der Waals surface area contributed by atoms with Crippen molar-refractivity contribution in [1.82, 2.24) is 4.90 Å². The van der Waals surface area contributed by atoms with Crippen molar-refractivity contribution in [2.24, 2.45) is 0 Å². The first-order chi connectivity index (χ1) is 13.5. The second kappa shape index (κ2) is 5.69. The number of nitriles is 1. The van der Waals surface area contributed by atoms with Gasteiger partial charge in [-0.05, 0) is 18.9 Å². The number of anilines is 2. The van der Waals surface area contributed by atoms with Gasteiger partial charge in [0, 0.05) is 12.6 Å². The number of hydrogen-bond acceptors (Lipinski definition) is 6. The molecule has 28 heavy (non-hydrogen) atoms. The first-order valence-corrected chi connectivity index (χ1v) is 9.05. The number of amides is 3. The number of halogens is 1. The molecule has 1 unspecified atom stereocenters. The van der Waals surface area contributed by atoms with Crippen LogP contribution in [0.4, 0.5) is 20.6 Å². The Morgan fingerprint density at radius 2 is 2.11 bits per heavy atom. The smallest absolute Gasteiger partial charge is 0.332 e. The SMILES string of the molecule is C=C1N(CC#N)c2cc(N3C(=O)C4COCCN4C3=O)c(F)cc2OC12CC2. The van der Waals surface area contributed by atoms with Gasteiger partial charge in [-0.3, -0.25) is 4.79 Å². The van der Waals surface area contributed by atoms with Gasteiger partial charge < -0.3 is 19.3 Å². The molecule has 3 amide bonds. The molecule has 1 aromatic rings. The molecule has 4 aliphatic rings. The van der Waals surface area contributed by atoms with Crippen molar-refractivity contribution < 1.29 is 23.5 Å². The highest BCUT2D eigenvalue weighted by Crippen LogP contribution is 2.54. The molecule has 0 N–H and O–H groups in total. The van der Waals surface area contributed by atoms with Crippen LogP contribution in [0.2, 0.25) is 0 Å². The topological polar surface area (TPSA) is 86.1 Å².